The molecule has 7 nitrogen and oxygen atoms in total. The van der Waals surface area contributed by atoms with Crippen LogP contribution in [0.2, 0.25) is 5.02 Å². The molecule has 24 heavy (non-hydrogen) atoms. The van der Waals surface area contributed by atoms with Gasteiger partial charge in [0.15, 0.2) is 0 Å². The van der Waals surface area contributed by atoms with Crippen LogP contribution in [0.3, 0.4) is 0 Å². The van der Waals surface area contributed by atoms with E-state index in [9.17, 15) is 13.2 Å². The van der Waals surface area contributed by atoms with Crippen molar-refractivity contribution in [2.75, 3.05) is 37.9 Å². The Bertz CT molecular complexity index is 666. The van der Waals surface area contributed by atoms with Crippen molar-refractivity contribution < 1.29 is 22.7 Å². The lowest BCUT2D eigenvalue weighted by Crippen LogP contribution is -2.48. The summed E-state index contributed by atoms with van der Waals surface area (Å²) in [6.07, 6.45) is 1.66. The van der Waals surface area contributed by atoms with Gasteiger partial charge in [0, 0.05) is 25.3 Å². The Kier molecular flexibility index (Phi) is 7.78. The standard InChI is InChI=1S/C15H23ClN2O5S/c1-11(15(19)17-8-5-9-22-2)18(24(4,20)21)13-10-12(16)6-7-14(13)23-3/h6-7,10-11H,5,8-9H2,1-4H3,(H,17,19). The van der Waals surface area contributed by atoms with E-state index in [-0.39, 0.29) is 5.69 Å². The minimum Gasteiger partial charge on any atom is -0.495 e. The molecular formula is C15H23ClN2O5S. The molecule has 9 heteroatoms. The van der Waals surface area contributed by atoms with Gasteiger partial charge in [0.2, 0.25) is 15.9 Å². The van der Waals surface area contributed by atoms with Crippen LogP contribution < -0.4 is 14.4 Å². The summed E-state index contributed by atoms with van der Waals surface area (Å²) in [6, 6.07) is 3.63. The summed E-state index contributed by atoms with van der Waals surface area (Å²) in [6.45, 7) is 2.40. The maximum Gasteiger partial charge on any atom is 0.243 e. The zero-order valence-corrected chi connectivity index (χ0v) is 15.8. The molecule has 1 aromatic rings. The molecule has 0 aliphatic rings. The summed E-state index contributed by atoms with van der Waals surface area (Å²) in [5.41, 5.74) is 0.215. The Morgan fingerprint density at radius 2 is 2.04 bits per heavy atom. The first-order chi connectivity index (χ1) is 11.2. The molecule has 0 fully saturated rings. The number of benzene rings is 1. The average Bonchev–Trinajstić information content (AvgIpc) is 2.50. The number of anilines is 1. The number of amides is 1. The van der Waals surface area contributed by atoms with Crippen LogP contribution in [0.1, 0.15) is 13.3 Å². The molecule has 0 spiro atoms. The number of hydrogen-bond donors (Lipinski definition) is 1. The second-order valence-corrected chi connectivity index (χ2v) is 7.48. The van der Waals surface area contributed by atoms with Gasteiger partial charge in [0.05, 0.1) is 19.1 Å². The highest BCUT2D eigenvalue weighted by molar-refractivity contribution is 7.92. The van der Waals surface area contributed by atoms with Crippen molar-refractivity contribution >= 4 is 33.2 Å². The van der Waals surface area contributed by atoms with Crippen LogP contribution in [0.4, 0.5) is 5.69 Å². The molecule has 0 aromatic heterocycles. The van der Waals surface area contributed by atoms with E-state index >= 15 is 0 Å². The van der Waals surface area contributed by atoms with E-state index in [1.54, 1.807) is 19.2 Å². The summed E-state index contributed by atoms with van der Waals surface area (Å²) in [7, 11) is -0.748. The van der Waals surface area contributed by atoms with Gasteiger partial charge in [-0.05, 0) is 31.5 Å². The smallest absolute Gasteiger partial charge is 0.243 e. The van der Waals surface area contributed by atoms with Gasteiger partial charge in [-0.3, -0.25) is 9.10 Å². The van der Waals surface area contributed by atoms with Crippen LogP contribution >= 0.6 is 11.6 Å². The third-order valence-corrected chi connectivity index (χ3v) is 4.75. The van der Waals surface area contributed by atoms with Crippen LogP contribution in [-0.4, -0.2) is 54.0 Å². The molecule has 1 unspecified atom stereocenters. The molecule has 0 saturated heterocycles. The van der Waals surface area contributed by atoms with E-state index in [0.29, 0.717) is 30.3 Å². The van der Waals surface area contributed by atoms with Crippen molar-refractivity contribution in [3.63, 3.8) is 0 Å². The van der Waals surface area contributed by atoms with E-state index < -0.39 is 22.0 Å². The second kappa shape index (κ2) is 9.10. The number of sulfonamides is 1. The minimum atomic E-state index is -3.74. The predicted molar refractivity (Wildman–Crippen MR) is 94.3 cm³/mol. The third-order valence-electron chi connectivity index (χ3n) is 3.29. The molecule has 0 radical (unpaired) electrons. The maximum atomic E-state index is 12.3. The lowest BCUT2D eigenvalue weighted by atomic mass is 10.2. The number of carbonyl (C=O) groups excluding carboxylic acids is 1. The second-order valence-electron chi connectivity index (χ2n) is 5.19. The number of nitrogens with zero attached hydrogens (tertiary/aromatic N) is 1. The van der Waals surface area contributed by atoms with Crippen LogP contribution in [0, 0.1) is 0 Å². The first kappa shape index (κ1) is 20.5. The Labute approximate surface area is 147 Å². The topological polar surface area (TPSA) is 84.9 Å². The molecule has 1 N–H and O–H groups in total. The lowest BCUT2D eigenvalue weighted by molar-refractivity contribution is -0.121. The Morgan fingerprint density at radius 3 is 2.58 bits per heavy atom. The van der Waals surface area contributed by atoms with Crippen molar-refractivity contribution in [2.24, 2.45) is 0 Å². The number of nitrogens with one attached hydrogen (secondary N) is 1. The number of methoxy groups -OCH3 is 2. The Morgan fingerprint density at radius 1 is 1.38 bits per heavy atom. The Balaban J connectivity index is 3.11. The molecule has 1 atom stereocenters. The zero-order valence-electron chi connectivity index (χ0n) is 14.2. The largest absolute Gasteiger partial charge is 0.495 e. The fraction of sp³-hybridized carbons (Fsp3) is 0.533. The highest BCUT2D eigenvalue weighted by atomic mass is 35.5. The zero-order chi connectivity index (χ0) is 18.3. The normalized spacial score (nSPS) is 12.5. The minimum absolute atomic E-state index is 0.215. The van der Waals surface area contributed by atoms with Gasteiger partial charge >= 0.3 is 0 Å². The van der Waals surface area contributed by atoms with Crippen LogP contribution in [-0.2, 0) is 19.6 Å². The van der Waals surface area contributed by atoms with Gasteiger partial charge in [-0.1, -0.05) is 11.6 Å². The number of carbonyl (C=O) groups is 1. The number of rotatable bonds is 9. The van der Waals surface area contributed by atoms with E-state index in [1.165, 1.54) is 20.1 Å². The average molecular weight is 379 g/mol. The van der Waals surface area contributed by atoms with E-state index in [4.69, 9.17) is 21.1 Å². The van der Waals surface area contributed by atoms with Crippen molar-refractivity contribution in [2.45, 2.75) is 19.4 Å². The molecule has 0 aliphatic heterocycles. The van der Waals surface area contributed by atoms with Gasteiger partial charge in [-0.15, -0.1) is 0 Å². The van der Waals surface area contributed by atoms with E-state index in [2.05, 4.69) is 5.32 Å². The molecule has 136 valence electrons. The first-order valence-electron chi connectivity index (χ1n) is 7.32. The van der Waals surface area contributed by atoms with Crippen molar-refractivity contribution in [3.05, 3.63) is 23.2 Å². The summed E-state index contributed by atoms with van der Waals surface area (Å²) < 4.78 is 35.6. The van der Waals surface area contributed by atoms with E-state index in [1.807, 2.05) is 0 Å². The van der Waals surface area contributed by atoms with Gasteiger partial charge in [0.1, 0.15) is 11.8 Å². The maximum absolute atomic E-state index is 12.3. The molecule has 0 bridgehead atoms. The molecule has 1 aromatic carbocycles. The fourth-order valence-corrected chi connectivity index (χ4v) is 3.53. The molecule has 0 aliphatic carbocycles. The fourth-order valence-electron chi connectivity index (χ4n) is 2.19. The van der Waals surface area contributed by atoms with Gasteiger partial charge < -0.3 is 14.8 Å². The monoisotopic (exact) mass is 378 g/mol. The predicted octanol–water partition coefficient (Wildman–Crippen LogP) is 1.66. The van der Waals surface area contributed by atoms with Gasteiger partial charge in [-0.25, -0.2) is 8.42 Å². The Hall–Kier alpha value is -1.51. The van der Waals surface area contributed by atoms with Gasteiger partial charge in [0.25, 0.3) is 0 Å². The number of ether oxygens (including phenoxy) is 2. The van der Waals surface area contributed by atoms with Crippen molar-refractivity contribution in [3.8, 4) is 5.75 Å². The molecule has 1 amide bonds. The summed E-state index contributed by atoms with van der Waals surface area (Å²) in [5.74, 6) is -0.109. The quantitative estimate of drug-likeness (QED) is 0.660. The van der Waals surface area contributed by atoms with Gasteiger partial charge in [-0.2, -0.15) is 0 Å². The molecule has 1 rings (SSSR count). The van der Waals surface area contributed by atoms with E-state index in [0.717, 1.165) is 10.6 Å². The third kappa shape index (κ3) is 5.54. The van der Waals surface area contributed by atoms with Crippen LogP contribution in [0.5, 0.6) is 5.75 Å². The van der Waals surface area contributed by atoms with Crippen LogP contribution in [0.15, 0.2) is 18.2 Å². The lowest BCUT2D eigenvalue weighted by Gasteiger charge is -2.29. The highest BCUT2D eigenvalue weighted by Gasteiger charge is 2.31. The SMILES string of the molecule is COCCCNC(=O)C(C)N(c1cc(Cl)ccc1OC)S(C)(=O)=O. The summed E-state index contributed by atoms with van der Waals surface area (Å²) in [5, 5.41) is 3.03. The summed E-state index contributed by atoms with van der Waals surface area (Å²) >= 11 is 5.98. The van der Waals surface area contributed by atoms with Crippen molar-refractivity contribution in [1.82, 2.24) is 5.32 Å². The highest BCUT2D eigenvalue weighted by Crippen LogP contribution is 2.34. The molecular weight excluding hydrogens is 356 g/mol. The molecule has 0 heterocycles. The summed E-state index contributed by atoms with van der Waals surface area (Å²) in [4.78, 5) is 12.3. The molecule has 0 saturated carbocycles. The number of hydrogen-bond acceptors (Lipinski definition) is 5. The first-order valence-corrected chi connectivity index (χ1v) is 9.54. The van der Waals surface area contributed by atoms with Crippen LogP contribution in [0.25, 0.3) is 0 Å². The van der Waals surface area contributed by atoms with Crippen molar-refractivity contribution in [1.29, 1.82) is 0 Å². The number of halogens is 1.